The van der Waals surface area contributed by atoms with Crippen molar-refractivity contribution in [3.63, 3.8) is 0 Å². The zero-order valence-corrected chi connectivity index (χ0v) is 17.4. The predicted octanol–water partition coefficient (Wildman–Crippen LogP) is 1.93. The van der Waals surface area contributed by atoms with Crippen molar-refractivity contribution in [2.75, 3.05) is 20.7 Å². The number of methoxy groups -OCH3 is 1. The van der Waals surface area contributed by atoms with Crippen LogP contribution < -0.4 is 15.4 Å². The molecule has 7 nitrogen and oxygen atoms in total. The van der Waals surface area contributed by atoms with Crippen molar-refractivity contribution in [1.82, 2.24) is 15.5 Å². The molecule has 8 heteroatoms. The van der Waals surface area contributed by atoms with Crippen LogP contribution in [0.3, 0.4) is 0 Å². The predicted molar refractivity (Wildman–Crippen MR) is 109 cm³/mol. The van der Waals surface area contributed by atoms with Gasteiger partial charge in [0.2, 0.25) is 5.91 Å². The minimum absolute atomic E-state index is 0.163. The molecule has 0 bridgehead atoms. The molecule has 27 heavy (non-hydrogen) atoms. The number of rotatable bonds is 9. The van der Waals surface area contributed by atoms with Gasteiger partial charge in [0.25, 0.3) is 0 Å². The monoisotopic (exact) mass is 395 g/mol. The molecule has 1 aromatic rings. The number of hydrogen-bond acceptors (Lipinski definition) is 4. The van der Waals surface area contributed by atoms with Crippen molar-refractivity contribution in [3.05, 3.63) is 29.3 Å². The maximum Gasteiger partial charge on any atom is 0.326 e. The summed E-state index contributed by atoms with van der Waals surface area (Å²) >= 11 is 5.23. The SMILES string of the molecule is COc1ccc(CNC(=S)NCCC(=O)N(C)[C@H](C(=O)O)C(C)C)c(C)c1. The van der Waals surface area contributed by atoms with E-state index in [4.69, 9.17) is 17.0 Å². The summed E-state index contributed by atoms with van der Waals surface area (Å²) in [4.78, 5) is 24.8. The van der Waals surface area contributed by atoms with E-state index in [1.54, 1.807) is 21.0 Å². The van der Waals surface area contributed by atoms with Crippen molar-refractivity contribution in [2.45, 2.75) is 39.8 Å². The molecule has 0 fully saturated rings. The normalized spacial score (nSPS) is 11.6. The Labute approximate surface area is 166 Å². The van der Waals surface area contributed by atoms with Crippen molar-refractivity contribution in [2.24, 2.45) is 5.92 Å². The smallest absolute Gasteiger partial charge is 0.326 e. The minimum atomic E-state index is -0.999. The lowest BCUT2D eigenvalue weighted by molar-refractivity contribution is -0.150. The first-order valence-corrected chi connectivity index (χ1v) is 9.21. The molecule has 150 valence electrons. The zero-order valence-electron chi connectivity index (χ0n) is 16.5. The molecule has 1 atom stereocenters. The highest BCUT2D eigenvalue weighted by molar-refractivity contribution is 7.80. The molecule has 0 saturated carbocycles. The van der Waals surface area contributed by atoms with Crippen molar-refractivity contribution in [1.29, 1.82) is 0 Å². The largest absolute Gasteiger partial charge is 0.497 e. The van der Waals surface area contributed by atoms with Gasteiger partial charge < -0.3 is 25.4 Å². The highest BCUT2D eigenvalue weighted by Gasteiger charge is 2.28. The number of nitrogens with one attached hydrogen (secondary N) is 2. The second kappa shape index (κ2) is 10.7. The summed E-state index contributed by atoms with van der Waals surface area (Å²) in [6.45, 7) is 6.45. The molecule has 0 aliphatic carbocycles. The van der Waals surface area contributed by atoms with Crippen molar-refractivity contribution < 1.29 is 19.4 Å². The van der Waals surface area contributed by atoms with Crippen LogP contribution in [0.25, 0.3) is 0 Å². The van der Waals surface area contributed by atoms with Gasteiger partial charge in [-0.05, 0) is 48.3 Å². The van der Waals surface area contributed by atoms with E-state index in [9.17, 15) is 14.7 Å². The van der Waals surface area contributed by atoms with Crippen LogP contribution in [0.5, 0.6) is 5.75 Å². The Kier molecular flexibility index (Phi) is 9.00. The Morgan fingerprint density at radius 1 is 1.30 bits per heavy atom. The van der Waals surface area contributed by atoms with Crippen LogP contribution in [-0.4, -0.2) is 53.7 Å². The summed E-state index contributed by atoms with van der Waals surface area (Å²) < 4.78 is 5.19. The van der Waals surface area contributed by atoms with Gasteiger partial charge in [-0.2, -0.15) is 0 Å². The first-order valence-electron chi connectivity index (χ1n) is 8.81. The molecule has 0 saturated heterocycles. The lowest BCUT2D eigenvalue weighted by Crippen LogP contribution is -2.46. The van der Waals surface area contributed by atoms with Gasteiger partial charge in [0.1, 0.15) is 11.8 Å². The lowest BCUT2D eigenvalue weighted by Gasteiger charge is -2.27. The number of aliphatic carboxylic acids is 1. The molecule has 1 rings (SSSR count). The number of amides is 1. The summed E-state index contributed by atoms with van der Waals surface area (Å²) in [5.74, 6) is -0.598. The van der Waals surface area contributed by atoms with E-state index in [-0.39, 0.29) is 18.2 Å². The van der Waals surface area contributed by atoms with Crippen LogP contribution in [0.1, 0.15) is 31.4 Å². The molecule has 0 radical (unpaired) electrons. The zero-order chi connectivity index (χ0) is 20.6. The van der Waals surface area contributed by atoms with Gasteiger partial charge in [-0.25, -0.2) is 4.79 Å². The third kappa shape index (κ3) is 7.05. The number of carboxylic acid groups (broad SMARTS) is 1. The second-order valence-electron chi connectivity index (χ2n) is 6.68. The van der Waals surface area contributed by atoms with Gasteiger partial charge in [0, 0.05) is 26.6 Å². The fourth-order valence-electron chi connectivity index (χ4n) is 2.74. The van der Waals surface area contributed by atoms with Crippen LogP contribution in [0.4, 0.5) is 0 Å². The average Bonchev–Trinajstić information content (AvgIpc) is 2.59. The molecule has 1 amide bonds. The van der Waals surface area contributed by atoms with Gasteiger partial charge in [0.15, 0.2) is 5.11 Å². The van der Waals surface area contributed by atoms with E-state index in [1.165, 1.54) is 11.9 Å². The van der Waals surface area contributed by atoms with Crippen LogP contribution in [0.2, 0.25) is 0 Å². The highest BCUT2D eigenvalue weighted by atomic mass is 32.1. The van der Waals surface area contributed by atoms with Gasteiger partial charge in [-0.15, -0.1) is 0 Å². The Morgan fingerprint density at radius 3 is 2.48 bits per heavy atom. The number of carbonyl (C=O) groups is 2. The van der Waals surface area contributed by atoms with E-state index in [0.717, 1.165) is 16.9 Å². The number of carbonyl (C=O) groups excluding carboxylic acids is 1. The number of likely N-dealkylation sites (N-methyl/N-ethyl adjacent to an activating group) is 1. The Hall–Kier alpha value is -2.35. The molecular formula is C19H29N3O4S. The number of ether oxygens (including phenoxy) is 1. The summed E-state index contributed by atoms with van der Waals surface area (Å²) in [7, 11) is 3.15. The summed E-state index contributed by atoms with van der Waals surface area (Å²) in [6, 6.07) is 4.99. The second-order valence-corrected chi connectivity index (χ2v) is 7.09. The van der Waals surface area contributed by atoms with Gasteiger partial charge in [-0.1, -0.05) is 19.9 Å². The number of carboxylic acids is 1. The number of aryl methyl sites for hydroxylation is 1. The van der Waals surface area contributed by atoms with Crippen LogP contribution in [-0.2, 0) is 16.1 Å². The third-order valence-corrected chi connectivity index (χ3v) is 4.60. The number of thiocarbonyl (C=S) groups is 1. The third-order valence-electron chi connectivity index (χ3n) is 4.31. The van der Waals surface area contributed by atoms with Crippen molar-refractivity contribution >= 4 is 29.2 Å². The lowest BCUT2D eigenvalue weighted by atomic mass is 10.0. The van der Waals surface area contributed by atoms with E-state index < -0.39 is 12.0 Å². The molecular weight excluding hydrogens is 366 g/mol. The summed E-state index contributed by atoms with van der Waals surface area (Å²) in [5, 5.41) is 15.8. The highest BCUT2D eigenvalue weighted by Crippen LogP contribution is 2.16. The molecule has 0 heterocycles. The number of nitrogens with zero attached hydrogens (tertiary/aromatic N) is 1. The fraction of sp³-hybridized carbons (Fsp3) is 0.526. The van der Waals surface area contributed by atoms with Crippen LogP contribution in [0, 0.1) is 12.8 Å². The van der Waals surface area contributed by atoms with E-state index in [1.807, 2.05) is 25.1 Å². The summed E-state index contributed by atoms with van der Waals surface area (Å²) in [5.41, 5.74) is 2.19. The average molecular weight is 396 g/mol. The Bertz CT molecular complexity index is 679. The van der Waals surface area contributed by atoms with Gasteiger partial charge >= 0.3 is 5.97 Å². The Balaban J connectivity index is 2.42. The van der Waals surface area contributed by atoms with E-state index >= 15 is 0 Å². The maximum absolute atomic E-state index is 12.2. The standard InChI is InChI=1S/C19H29N3O4S/c1-12(2)17(18(24)25)22(4)16(23)8-9-20-19(27)21-11-14-6-7-15(26-5)10-13(14)3/h6-7,10,12,17H,8-9,11H2,1-5H3,(H,24,25)(H2,20,21,27)/t17-/m0/s1. The first kappa shape index (κ1) is 22.7. The van der Waals surface area contributed by atoms with Crippen molar-refractivity contribution in [3.8, 4) is 5.75 Å². The van der Waals surface area contributed by atoms with Gasteiger partial charge in [0.05, 0.1) is 7.11 Å². The maximum atomic E-state index is 12.2. The molecule has 0 aliphatic heterocycles. The molecule has 3 N–H and O–H groups in total. The molecule has 0 unspecified atom stereocenters. The van der Waals surface area contributed by atoms with Crippen LogP contribution >= 0.6 is 12.2 Å². The molecule has 0 spiro atoms. The molecule has 1 aromatic carbocycles. The van der Waals surface area contributed by atoms with E-state index in [2.05, 4.69) is 10.6 Å². The number of hydrogen-bond donors (Lipinski definition) is 3. The van der Waals surface area contributed by atoms with E-state index in [0.29, 0.717) is 18.2 Å². The topological polar surface area (TPSA) is 90.9 Å². The Morgan fingerprint density at radius 2 is 1.96 bits per heavy atom. The van der Waals surface area contributed by atoms with Gasteiger partial charge in [-0.3, -0.25) is 4.79 Å². The molecule has 0 aliphatic rings. The first-order chi connectivity index (χ1) is 12.7. The fourth-order valence-corrected chi connectivity index (χ4v) is 2.92. The summed E-state index contributed by atoms with van der Waals surface area (Å²) in [6.07, 6.45) is 0.163. The van der Waals surface area contributed by atoms with Crippen LogP contribution in [0.15, 0.2) is 18.2 Å². The quantitative estimate of drug-likeness (QED) is 0.550. The minimum Gasteiger partial charge on any atom is -0.497 e. The molecule has 0 aromatic heterocycles. The number of benzene rings is 1.